The molecule has 1 aromatic heterocycles. The van der Waals surface area contributed by atoms with Crippen LogP contribution in [-0.4, -0.2) is 47.2 Å². The topological polar surface area (TPSA) is 80.2 Å². The number of aryl methyl sites for hydroxylation is 1. The molecule has 3 rings (SSSR count). The Morgan fingerprint density at radius 1 is 1.32 bits per heavy atom. The smallest absolute Gasteiger partial charge is 0.267 e. The van der Waals surface area contributed by atoms with E-state index in [0.717, 1.165) is 11.5 Å². The summed E-state index contributed by atoms with van der Waals surface area (Å²) in [5.74, 6) is -0.182. The van der Waals surface area contributed by atoms with E-state index in [2.05, 4.69) is 9.59 Å². The van der Waals surface area contributed by atoms with Crippen LogP contribution in [0.2, 0.25) is 0 Å². The number of hydrogen-bond acceptors (Lipinski definition) is 6. The number of carbonyl (C=O) groups excluding carboxylic acids is 1. The summed E-state index contributed by atoms with van der Waals surface area (Å²) in [7, 11) is -3.41. The van der Waals surface area contributed by atoms with E-state index in [9.17, 15) is 13.2 Å². The van der Waals surface area contributed by atoms with Gasteiger partial charge in [-0.25, -0.2) is 8.42 Å². The van der Waals surface area contributed by atoms with Crippen molar-refractivity contribution in [1.82, 2.24) is 14.5 Å². The van der Waals surface area contributed by atoms with E-state index >= 15 is 0 Å². The van der Waals surface area contributed by atoms with Gasteiger partial charge in [0.1, 0.15) is 4.88 Å². The number of hydrogen-bond donors (Lipinski definition) is 0. The van der Waals surface area contributed by atoms with Crippen molar-refractivity contribution in [1.29, 1.82) is 0 Å². The Hall–Kier alpha value is -1.80. The molecule has 0 radical (unpaired) electrons. The summed E-state index contributed by atoms with van der Waals surface area (Å²) in [6.45, 7) is 2.38. The Balaban J connectivity index is 1.78. The average molecular weight is 337 g/mol. The first kappa shape index (κ1) is 15.1. The SMILES string of the molecule is Cc1nnsc1C(=O)N1CC[C@H](S(=O)(=O)c2ccccc2)C1. The molecule has 6 nitrogen and oxygen atoms in total. The molecule has 116 valence electrons. The fourth-order valence-corrected chi connectivity index (χ4v) is 4.88. The molecule has 0 unspecified atom stereocenters. The second-order valence-corrected chi connectivity index (χ2v) is 8.19. The number of carbonyl (C=O) groups is 1. The Kier molecular flexibility index (Phi) is 3.96. The van der Waals surface area contributed by atoms with Crippen LogP contribution >= 0.6 is 11.5 Å². The van der Waals surface area contributed by atoms with E-state index in [-0.39, 0.29) is 12.5 Å². The first-order valence-corrected chi connectivity index (χ1v) is 9.19. The number of benzene rings is 1. The van der Waals surface area contributed by atoms with Crippen molar-refractivity contribution in [3.63, 3.8) is 0 Å². The Bertz CT molecular complexity index is 787. The lowest BCUT2D eigenvalue weighted by molar-refractivity contribution is 0.0797. The number of amides is 1. The van der Waals surface area contributed by atoms with Crippen molar-refractivity contribution in [2.24, 2.45) is 0 Å². The molecule has 1 aliphatic rings. The first-order valence-electron chi connectivity index (χ1n) is 6.87. The van der Waals surface area contributed by atoms with Gasteiger partial charge in [0.2, 0.25) is 0 Å². The van der Waals surface area contributed by atoms with E-state index in [0.29, 0.717) is 28.4 Å². The van der Waals surface area contributed by atoms with Gasteiger partial charge in [-0.15, -0.1) is 5.10 Å². The molecular formula is C14H15N3O3S2. The lowest BCUT2D eigenvalue weighted by Gasteiger charge is -2.16. The summed E-state index contributed by atoms with van der Waals surface area (Å²) in [5.41, 5.74) is 0.587. The van der Waals surface area contributed by atoms with Gasteiger partial charge in [0, 0.05) is 13.1 Å². The first-order chi connectivity index (χ1) is 10.5. The predicted molar refractivity (Wildman–Crippen MR) is 82.6 cm³/mol. The minimum absolute atomic E-state index is 0.182. The van der Waals surface area contributed by atoms with Crippen LogP contribution in [0.15, 0.2) is 35.2 Å². The zero-order valence-corrected chi connectivity index (χ0v) is 13.6. The largest absolute Gasteiger partial charge is 0.336 e. The summed E-state index contributed by atoms with van der Waals surface area (Å²) in [6.07, 6.45) is 0.453. The van der Waals surface area contributed by atoms with Gasteiger partial charge >= 0.3 is 0 Å². The van der Waals surface area contributed by atoms with Crippen LogP contribution in [0.5, 0.6) is 0 Å². The van der Waals surface area contributed by atoms with E-state index < -0.39 is 15.1 Å². The Labute approximate surface area is 132 Å². The van der Waals surface area contributed by atoms with Crippen LogP contribution in [0.4, 0.5) is 0 Å². The average Bonchev–Trinajstić information content (AvgIpc) is 3.17. The third-order valence-electron chi connectivity index (χ3n) is 3.79. The van der Waals surface area contributed by atoms with E-state index in [1.807, 2.05) is 0 Å². The van der Waals surface area contributed by atoms with Crippen molar-refractivity contribution >= 4 is 27.3 Å². The standard InChI is InChI=1S/C14H15N3O3S2/c1-10-13(21-16-15-10)14(18)17-8-7-12(9-17)22(19,20)11-5-3-2-4-6-11/h2-6,12H,7-9H2,1H3/t12-/m0/s1. The quantitative estimate of drug-likeness (QED) is 0.848. The molecule has 0 N–H and O–H groups in total. The molecule has 22 heavy (non-hydrogen) atoms. The molecule has 1 fully saturated rings. The molecule has 0 bridgehead atoms. The molecule has 1 amide bonds. The highest BCUT2D eigenvalue weighted by Crippen LogP contribution is 2.25. The van der Waals surface area contributed by atoms with Gasteiger partial charge in [-0.05, 0) is 37.0 Å². The Morgan fingerprint density at radius 3 is 2.68 bits per heavy atom. The van der Waals surface area contributed by atoms with E-state index in [1.165, 1.54) is 0 Å². The summed E-state index contributed by atoms with van der Waals surface area (Å²) in [4.78, 5) is 14.8. The van der Waals surface area contributed by atoms with Crippen LogP contribution in [0.3, 0.4) is 0 Å². The van der Waals surface area contributed by atoms with Crippen LogP contribution in [0, 0.1) is 6.92 Å². The fraction of sp³-hybridized carbons (Fsp3) is 0.357. The summed E-state index contributed by atoms with van der Waals surface area (Å²) >= 11 is 1.05. The minimum atomic E-state index is -3.41. The summed E-state index contributed by atoms with van der Waals surface area (Å²) < 4.78 is 28.9. The van der Waals surface area contributed by atoms with Crippen molar-refractivity contribution in [2.75, 3.05) is 13.1 Å². The number of rotatable bonds is 3. The third kappa shape index (κ3) is 2.64. The predicted octanol–water partition coefficient (Wildman–Crippen LogP) is 1.53. The van der Waals surface area contributed by atoms with Gasteiger partial charge in [0.05, 0.1) is 15.8 Å². The van der Waals surface area contributed by atoms with Crippen molar-refractivity contribution < 1.29 is 13.2 Å². The van der Waals surface area contributed by atoms with Crippen molar-refractivity contribution in [3.8, 4) is 0 Å². The van der Waals surface area contributed by atoms with Gasteiger partial charge in [0.25, 0.3) is 5.91 Å². The minimum Gasteiger partial charge on any atom is -0.336 e. The molecule has 1 aliphatic heterocycles. The molecule has 0 spiro atoms. The van der Waals surface area contributed by atoms with Crippen LogP contribution in [-0.2, 0) is 9.84 Å². The number of sulfone groups is 1. The molecule has 8 heteroatoms. The number of aromatic nitrogens is 2. The highest BCUT2D eigenvalue weighted by atomic mass is 32.2. The lowest BCUT2D eigenvalue weighted by atomic mass is 10.3. The highest BCUT2D eigenvalue weighted by molar-refractivity contribution is 7.92. The second kappa shape index (κ2) is 5.77. The van der Waals surface area contributed by atoms with E-state index in [4.69, 9.17) is 0 Å². The van der Waals surface area contributed by atoms with Gasteiger partial charge in [0.15, 0.2) is 9.84 Å². The maximum atomic E-state index is 12.6. The van der Waals surface area contributed by atoms with Crippen LogP contribution < -0.4 is 0 Å². The van der Waals surface area contributed by atoms with Gasteiger partial charge in [-0.1, -0.05) is 22.7 Å². The third-order valence-corrected chi connectivity index (χ3v) is 6.80. The zero-order valence-electron chi connectivity index (χ0n) is 12.0. The molecule has 2 heterocycles. The number of likely N-dealkylation sites (tertiary alicyclic amines) is 1. The Morgan fingerprint density at radius 2 is 2.05 bits per heavy atom. The number of nitrogens with zero attached hydrogens (tertiary/aromatic N) is 3. The normalized spacial score (nSPS) is 18.6. The monoisotopic (exact) mass is 337 g/mol. The van der Waals surface area contributed by atoms with Crippen LogP contribution in [0.1, 0.15) is 21.8 Å². The maximum absolute atomic E-state index is 12.6. The zero-order chi connectivity index (χ0) is 15.7. The summed E-state index contributed by atoms with van der Waals surface area (Å²) in [5, 5.41) is 3.27. The fourth-order valence-electron chi connectivity index (χ4n) is 2.54. The van der Waals surface area contributed by atoms with Crippen molar-refractivity contribution in [2.45, 2.75) is 23.5 Å². The summed E-state index contributed by atoms with van der Waals surface area (Å²) in [6, 6.07) is 8.38. The van der Waals surface area contributed by atoms with Crippen LogP contribution in [0.25, 0.3) is 0 Å². The molecule has 1 atom stereocenters. The van der Waals surface area contributed by atoms with Crippen molar-refractivity contribution in [3.05, 3.63) is 40.9 Å². The molecule has 0 aliphatic carbocycles. The van der Waals surface area contributed by atoms with E-state index in [1.54, 1.807) is 42.2 Å². The van der Waals surface area contributed by atoms with Gasteiger partial charge < -0.3 is 4.90 Å². The molecule has 1 aromatic carbocycles. The lowest BCUT2D eigenvalue weighted by Crippen LogP contribution is -2.31. The molecule has 2 aromatic rings. The molecule has 1 saturated heterocycles. The molecular weight excluding hydrogens is 322 g/mol. The van der Waals surface area contributed by atoms with Gasteiger partial charge in [-0.3, -0.25) is 4.79 Å². The second-order valence-electron chi connectivity index (χ2n) is 5.21. The highest BCUT2D eigenvalue weighted by Gasteiger charge is 2.37. The molecule has 0 saturated carbocycles. The maximum Gasteiger partial charge on any atom is 0.267 e. The van der Waals surface area contributed by atoms with Gasteiger partial charge in [-0.2, -0.15) is 0 Å².